The maximum absolute atomic E-state index is 14.2. The molecule has 2 heterocycles. The normalized spacial score (nSPS) is 19.8. The highest BCUT2D eigenvalue weighted by molar-refractivity contribution is 5.81. The van der Waals surface area contributed by atoms with E-state index in [2.05, 4.69) is 10.3 Å². The van der Waals surface area contributed by atoms with Gasteiger partial charge >= 0.3 is 6.03 Å². The van der Waals surface area contributed by atoms with Crippen LogP contribution in [0, 0.1) is 11.6 Å². The quantitative estimate of drug-likeness (QED) is 0.564. The van der Waals surface area contributed by atoms with Crippen molar-refractivity contribution in [1.29, 1.82) is 0 Å². The molecule has 3 aromatic rings. The molecule has 2 aliphatic rings. The van der Waals surface area contributed by atoms with Gasteiger partial charge in [-0.2, -0.15) is 0 Å². The second-order valence-corrected chi connectivity index (χ2v) is 8.49. The minimum Gasteiger partial charge on any atom is -0.438 e. The fourth-order valence-corrected chi connectivity index (χ4v) is 4.75. The zero-order chi connectivity index (χ0) is 21.4. The largest absolute Gasteiger partial charge is 0.438 e. The molecule has 0 radical (unpaired) electrons. The SMILES string of the molecule is O=C(NC1CCCCC1)N1CCCC1c1nc2cc(-c3ccc(F)cc3F)ccc2o1. The Morgan fingerprint density at radius 1 is 1.03 bits per heavy atom. The van der Waals surface area contributed by atoms with Gasteiger partial charge in [0.2, 0.25) is 5.89 Å². The Hall–Kier alpha value is -2.96. The van der Waals surface area contributed by atoms with Gasteiger partial charge in [-0.05, 0) is 55.5 Å². The monoisotopic (exact) mass is 425 g/mol. The van der Waals surface area contributed by atoms with Crippen molar-refractivity contribution < 1.29 is 18.0 Å². The lowest BCUT2D eigenvalue weighted by atomic mass is 9.96. The van der Waals surface area contributed by atoms with E-state index in [0.29, 0.717) is 34.7 Å². The molecule has 1 aliphatic heterocycles. The van der Waals surface area contributed by atoms with E-state index in [0.717, 1.165) is 44.6 Å². The zero-order valence-corrected chi connectivity index (χ0v) is 17.2. The summed E-state index contributed by atoms with van der Waals surface area (Å²) in [5, 5.41) is 3.18. The van der Waals surface area contributed by atoms with Crippen molar-refractivity contribution >= 4 is 17.1 Å². The van der Waals surface area contributed by atoms with Crippen LogP contribution in [0.1, 0.15) is 56.9 Å². The molecule has 31 heavy (non-hydrogen) atoms. The summed E-state index contributed by atoms with van der Waals surface area (Å²) in [6.45, 7) is 0.675. The number of nitrogens with one attached hydrogen (secondary N) is 1. The van der Waals surface area contributed by atoms with Crippen LogP contribution in [0.4, 0.5) is 13.6 Å². The van der Waals surface area contributed by atoms with Gasteiger partial charge in [0.25, 0.3) is 0 Å². The number of aromatic nitrogens is 1. The number of amides is 2. The molecule has 5 rings (SSSR count). The smallest absolute Gasteiger partial charge is 0.318 e. The zero-order valence-electron chi connectivity index (χ0n) is 17.2. The molecule has 1 N–H and O–H groups in total. The second kappa shape index (κ2) is 8.29. The van der Waals surface area contributed by atoms with E-state index < -0.39 is 11.6 Å². The highest BCUT2D eigenvalue weighted by atomic mass is 19.1. The number of hydrogen-bond donors (Lipinski definition) is 1. The number of carbonyl (C=O) groups excluding carboxylic acids is 1. The maximum Gasteiger partial charge on any atom is 0.318 e. The average molecular weight is 425 g/mol. The Balaban J connectivity index is 1.38. The third-order valence-electron chi connectivity index (χ3n) is 6.38. The molecular weight excluding hydrogens is 400 g/mol. The van der Waals surface area contributed by atoms with Gasteiger partial charge in [-0.1, -0.05) is 25.3 Å². The first kappa shape index (κ1) is 20.0. The summed E-state index contributed by atoms with van der Waals surface area (Å²) >= 11 is 0. The molecule has 1 aliphatic carbocycles. The number of hydrogen-bond acceptors (Lipinski definition) is 3. The van der Waals surface area contributed by atoms with Crippen LogP contribution < -0.4 is 5.32 Å². The molecule has 0 spiro atoms. The van der Waals surface area contributed by atoms with E-state index in [4.69, 9.17) is 4.42 Å². The van der Waals surface area contributed by atoms with Gasteiger partial charge in [0.1, 0.15) is 23.2 Å². The number of likely N-dealkylation sites (tertiary alicyclic amines) is 1. The minimum absolute atomic E-state index is 0.0503. The second-order valence-electron chi connectivity index (χ2n) is 8.49. The molecule has 1 saturated heterocycles. The van der Waals surface area contributed by atoms with E-state index in [1.165, 1.54) is 18.6 Å². The summed E-state index contributed by atoms with van der Waals surface area (Å²) < 4.78 is 33.4. The molecule has 1 aromatic heterocycles. The van der Waals surface area contributed by atoms with E-state index in [1.54, 1.807) is 18.2 Å². The topological polar surface area (TPSA) is 58.4 Å². The molecule has 5 nitrogen and oxygen atoms in total. The molecule has 2 amide bonds. The lowest BCUT2D eigenvalue weighted by Gasteiger charge is -2.28. The van der Waals surface area contributed by atoms with Crippen molar-refractivity contribution in [3.63, 3.8) is 0 Å². The standard InChI is InChI=1S/C24H25F2N3O2/c25-16-9-10-18(19(26)14-16)15-8-11-22-20(13-15)28-23(31-22)21-7-4-12-29(21)24(30)27-17-5-2-1-3-6-17/h8-11,13-14,17,21H,1-7,12H2,(H,27,30). The summed E-state index contributed by atoms with van der Waals surface area (Å²) in [7, 11) is 0. The number of oxazole rings is 1. The molecular formula is C24H25F2N3O2. The molecule has 2 aromatic carbocycles. The summed E-state index contributed by atoms with van der Waals surface area (Å²) in [4.78, 5) is 19.3. The lowest BCUT2D eigenvalue weighted by Crippen LogP contribution is -2.45. The van der Waals surface area contributed by atoms with Crippen molar-refractivity contribution in [1.82, 2.24) is 15.2 Å². The number of rotatable bonds is 3. The van der Waals surface area contributed by atoms with Crippen LogP contribution in [0.3, 0.4) is 0 Å². The van der Waals surface area contributed by atoms with E-state index in [-0.39, 0.29) is 18.1 Å². The number of nitrogens with zero attached hydrogens (tertiary/aromatic N) is 2. The van der Waals surface area contributed by atoms with Crippen molar-refractivity contribution in [2.75, 3.05) is 6.54 Å². The van der Waals surface area contributed by atoms with Crippen LogP contribution in [0.2, 0.25) is 0 Å². The van der Waals surface area contributed by atoms with Gasteiger partial charge in [-0.25, -0.2) is 18.6 Å². The molecule has 0 bridgehead atoms. The fraction of sp³-hybridized carbons (Fsp3) is 0.417. The number of carbonyl (C=O) groups is 1. The first-order chi connectivity index (χ1) is 15.1. The predicted molar refractivity (Wildman–Crippen MR) is 113 cm³/mol. The van der Waals surface area contributed by atoms with Crippen molar-refractivity contribution in [3.05, 3.63) is 53.9 Å². The Morgan fingerprint density at radius 2 is 1.87 bits per heavy atom. The Labute approximate surface area is 179 Å². The molecule has 1 atom stereocenters. The number of benzene rings is 2. The van der Waals surface area contributed by atoms with Gasteiger partial charge in [-0.3, -0.25) is 0 Å². The van der Waals surface area contributed by atoms with E-state index in [9.17, 15) is 13.6 Å². The Morgan fingerprint density at radius 3 is 2.68 bits per heavy atom. The lowest BCUT2D eigenvalue weighted by molar-refractivity contribution is 0.178. The predicted octanol–water partition coefficient (Wildman–Crippen LogP) is 5.95. The van der Waals surface area contributed by atoms with Crippen LogP contribution >= 0.6 is 0 Å². The molecule has 1 unspecified atom stereocenters. The van der Waals surface area contributed by atoms with Gasteiger partial charge in [0, 0.05) is 24.2 Å². The van der Waals surface area contributed by atoms with Crippen LogP contribution in [0.15, 0.2) is 40.8 Å². The Kier molecular flexibility index (Phi) is 5.34. The number of fused-ring (bicyclic) bond motifs is 1. The van der Waals surface area contributed by atoms with Gasteiger partial charge in [0.15, 0.2) is 5.58 Å². The third kappa shape index (κ3) is 4.01. The van der Waals surface area contributed by atoms with Crippen LogP contribution in [-0.2, 0) is 0 Å². The van der Waals surface area contributed by atoms with Gasteiger partial charge in [0.05, 0.1) is 0 Å². The first-order valence-electron chi connectivity index (χ1n) is 11.0. The summed E-state index contributed by atoms with van der Waals surface area (Å²) in [6.07, 6.45) is 7.34. The van der Waals surface area contributed by atoms with Crippen molar-refractivity contribution in [2.24, 2.45) is 0 Å². The van der Waals surface area contributed by atoms with Crippen molar-refractivity contribution in [3.8, 4) is 11.1 Å². The van der Waals surface area contributed by atoms with Crippen molar-refractivity contribution in [2.45, 2.75) is 57.0 Å². The molecule has 1 saturated carbocycles. The molecule has 162 valence electrons. The molecule has 7 heteroatoms. The summed E-state index contributed by atoms with van der Waals surface area (Å²) in [5.41, 5.74) is 2.09. The minimum atomic E-state index is -0.621. The summed E-state index contributed by atoms with van der Waals surface area (Å²) in [5.74, 6) is -0.730. The summed E-state index contributed by atoms with van der Waals surface area (Å²) in [6, 6.07) is 8.72. The van der Waals surface area contributed by atoms with Crippen LogP contribution in [-0.4, -0.2) is 28.5 Å². The molecule has 2 fully saturated rings. The maximum atomic E-state index is 14.2. The van der Waals surface area contributed by atoms with Gasteiger partial charge < -0.3 is 14.6 Å². The Bertz CT molecular complexity index is 1110. The highest BCUT2D eigenvalue weighted by Crippen LogP contribution is 2.35. The number of halogens is 2. The highest BCUT2D eigenvalue weighted by Gasteiger charge is 2.34. The third-order valence-corrected chi connectivity index (χ3v) is 6.38. The van der Waals surface area contributed by atoms with E-state index in [1.807, 2.05) is 4.90 Å². The van der Waals surface area contributed by atoms with Crippen LogP contribution in [0.5, 0.6) is 0 Å². The van der Waals surface area contributed by atoms with Crippen LogP contribution in [0.25, 0.3) is 22.2 Å². The fourth-order valence-electron chi connectivity index (χ4n) is 4.75. The number of urea groups is 1. The average Bonchev–Trinajstić information content (AvgIpc) is 3.41. The first-order valence-corrected chi connectivity index (χ1v) is 11.0. The van der Waals surface area contributed by atoms with E-state index >= 15 is 0 Å². The van der Waals surface area contributed by atoms with Gasteiger partial charge in [-0.15, -0.1) is 0 Å².